The van der Waals surface area contributed by atoms with Crippen LogP contribution in [0.3, 0.4) is 0 Å². The standard InChI is InChI=1S/C28H28FN3O6/c1-4-28(37)17-8-21-25-15(10-32(21)26(35)16(17)11-38-27(28)36)24-19(30-22(34)7-12(2)33)6-5-14-13(3)18(29)9-20(31-25)23(14)24/h8-9,12,19,33,37H,4-7,10-11H2,1-3H3,(H,30,34)/t12-,19?,28+/m1/s1. The lowest BCUT2D eigenvalue weighted by Gasteiger charge is -2.31. The highest BCUT2D eigenvalue weighted by molar-refractivity contribution is 5.94. The summed E-state index contributed by atoms with van der Waals surface area (Å²) in [5.41, 5.74) is 2.24. The Kier molecular flexibility index (Phi) is 5.48. The van der Waals surface area contributed by atoms with E-state index in [1.165, 1.54) is 10.6 Å². The summed E-state index contributed by atoms with van der Waals surface area (Å²) in [7, 11) is 0. The van der Waals surface area contributed by atoms with Crippen LogP contribution in [0.4, 0.5) is 4.39 Å². The van der Waals surface area contributed by atoms with Crippen LogP contribution in [0.15, 0.2) is 16.9 Å². The van der Waals surface area contributed by atoms with Gasteiger partial charge in [0.25, 0.3) is 5.56 Å². The van der Waals surface area contributed by atoms with Crippen molar-refractivity contribution in [2.24, 2.45) is 0 Å². The van der Waals surface area contributed by atoms with Crippen LogP contribution in [0.1, 0.15) is 72.5 Å². The number of aryl methyl sites for hydroxylation is 1. The summed E-state index contributed by atoms with van der Waals surface area (Å²) in [6, 6.07) is 2.57. The fraction of sp³-hybridized carbons (Fsp3) is 0.429. The minimum absolute atomic E-state index is 0.0240. The van der Waals surface area contributed by atoms with Gasteiger partial charge in [0.05, 0.1) is 47.6 Å². The summed E-state index contributed by atoms with van der Waals surface area (Å²) in [6.07, 6.45) is 0.224. The van der Waals surface area contributed by atoms with E-state index in [2.05, 4.69) is 5.32 Å². The number of benzene rings is 1. The largest absolute Gasteiger partial charge is 0.458 e. The number of esters is 1. The van der Waals surface area contributed by atoms with Crippen LogP contribution in [0.25, 0.3) is 22.3 Å². The molecule has 0 radical (unpaired) electrons. The normalized spacial score (nSPS) is 21.9. The second kappa shape index (κ2) is 8.44. The number of rotatable bonds is 4. The number of aliphatic hydroxyl groups excluding tert-OH is 1. The lowest BCUT2D eigenvalue weighted by atomic mass is 9.81. The van der Waals surface area contributed by atoms with Crippen LogP contribution >= 0.6 is 0 Å². The highest BCUT2D eigenvalue weighted by atomic mass is 19.1. The number of fused-ring (bicyclic) bond motifs is 5. The molecule has 1 unspecified atom stereocenters. The fourth-order valence-corrected chi connectivity index (χ4v) is 6.22. The number of amides is 1. The van der Waals surface area contributed by atoms with Gasteiger partial charge in [-0.3, -0.25) is 9.59 Å². The molecule has 3 N–H and O–H groups in total. The Labute approximate surface area is 217 Å². The van der Waals surface area contributed by atoms with Gasteiger partial charge in [-0.1, -0.05) is 6.92 Å². The molecule has 6 rings (SSSR count). The van der Waals surface area contributed by atoms with Crippen molar-refractivity contribution in [2.45, 2.75) is 77.4 Å². The Balaban J connectivity index is 1.61. The fourth-order valence-electron chi connectivity index (χ4n) is 6.22. The molecule has 1 amide bonds. The molecule has 3 aromatic rings. The van der Waals surface area contributed by atoms with Crippen molar-refractivity contribution in [1.29, 1.82) is 0 Å². The van der Waals surface area contributed by atoms with Gasteiger partial charge >= 0.3 is 5.97 Å². The number of cyclic esters (lactones) is 1. The third-order valence-corrected chi connectivity index (χ3v) is 8.19. The number of aromatic nitrogens is 2. The first-order valence-corrected chi connectivity index (χ1v) is 12.8. The Morgan fingerprint density at radius 1 is 1.32 bits per heavy atom. The molecule has 4 heterocycles. The van der Waals surface area contributed by atoms with Gasteiger partial charge in [0.2, 0.25) is 5.91 Å². The molecule has 1 aromatic carbocycles. The molecular formula is C28H28FN3O6. The van der Waals surface area contributed by atoms with Crippen LogP contribution in [-0.2, 0) is 39.5 Å². The molecule has 0 bridgehead atoms. The molecule has 1 aliphatic carbocycles. The monoisotopic (exact) mass is 521 g/mol. The Morgan fingerprint density at radius 2 is 2.08 bits per heavy atom. The summed E-state index contributed by atoms with van der Waals surface area (Å²) in [5.74, 6) is -1.50. The predicted octanol–water partition coefficient (Wildman–Crippen LogP) is 2.40. The van der Waals surface area contributed by atoms with E-state index < -0.39 is 23.7 Å². The number of nitrogens with one attached hydrogen (secondary N) is 1. The smallest absolute Gasteiger partial charge is 0.343 e. The number of aliphatic hydroxyl groups is 2. The predicted molar refractivity (Wildman–Crippen MR) is 135 cm³/mol. The second-order valence-corrected chi connectivity index (χ2v) is 10.5. The van der Waals surface area contributed by atoms with E-state index >= 15 is 0 Å². The maximum atomic E-state index is 15.0. The first-order chi connectivity index (χ1) is 18.0. The van der Waals surface area contributed by atoms with Crippen molar-refractivity contribution in [3.8, 4) is 11.4 Å². The van der Waals surface area contributed by atoms with Gasteiger partial charge < -0.3 is 24.8 Å². The maximum Gasteiger partial charge on any atom is 0.343 e. The highest BCUT2D eigenvalue weighted by Gasteiger charge is 2.46. The van der Waals surface area contributed by atoms with E-state index in [4.69, 9.17) is 9.72 Å². The maximum absolute atomic E-state index is 15.0. The SMILES string of the molecule is CC[C@@]1(O)C(=O)OCc2c1cc1n(c2=O)Cc2c-1nc1cc(F)c(C)c3c1c2C(NC(=O)C[C@@H](C)O)CC3. The average molecular weight is 522 g/mol. The minimum Gasteiger partial charge on any atom is -0.458 e. The van der Waals surface area contributed by atoms with Crippen molar-refractivity contribution in [1.82, 2.24) is 14.9 Å². The van der Waals surface area contributed by atoms with E-state index in [1.807, 2.05) is 0 Å². The van der Waals surface area contributed by atoms with Gasteiger partial charge in [-0.2, -0.15) is 0 Å². The molecule has 2 aromatic heterocycles. The third-order valence-electron chi connectivity index (χ3n) is 8.19. The molecule has 198 valence electrons. The van der Waals surface area contributed by atoms with Gasteiger partial charge in [0.1, 0.15) is 12.4 Å². The second-order valence-electron chi connectivity index (χ2n) is 10.5. The summed E-state index contributed by atoms with van der Waals surface area (Å²) in [4.78, 5) is 43.6. The lowest BCUT2D eigenvalue weighted by molar-refractivity contribution is -0.172. The highest BCUT2D eigenvalue weighted by Crippen LogP contribution is 2.45. The number of pyridine rings is 2. The van der Waals surface area contributed by atoms with Crippen LogP contribution in [0, 0.1) is 12.7 Å². The molecule has 0 spiro atoms. The zero-order valence-electron chi connectivity index (χ0n) is 21.4. The summed E-state index contributed by atoms with van der Waals surface area (Å²) < 4.78 is 21.6. The molecular weight excluding hydrogens is 493 g/mol. The van der Waals surface area contributed by atoms with E-state index in [0.29, 0.717) is 35.3 Å². The van der Waals surface area contributed by atoms with Crippen LogP contribution in [0.2, 0.25) is 0 Å². The number of ether oxygens (including phenoxy) is 1. The van der Waals surface area contributed by atoms with Crippen LogP contribution < -0.4 is 10.9 Å². The zero-order valence-corrected chi connectivity index (χ0v) is 21.4. The van der Waals surface area contributed by atoms with Crippen molar-refractivity contribution in [3.63, 3.8) is 0 Å². The molecule has 38 heavy (non-hydrogen) atoms. The zero-order chi connectivity index (χ0) is 27.1. The third kappa shape index (κ3) is 3.36. The molecule has 9 nitrogen and oxygen atoms in total. The summed E-state index contributed by atoms with van der Waals surface area (Å²) >= 11 is 0. The number of hydrogen-bond donors (Lipinski definition) is 3. The Hall–Kier alpha value is -3.63. The molecule has 3 atom stereocenters. The number of carbonyl (C=O) groups excluding carboxylic acids is 2. The molecule has 2 aliphatic heterocycles. The van der Waals surface area contributed by atoms with Crippen LogP contribution in [0.5, 0.6) is 0 Å². The molecule has 0 fully saturated rings. The van der Waals surface area contributed by atoms with Crippen molar-refractivity contribution in [3.05, 3.63) is 61.7 Å². The van der Waals surface area contributed by atoms with E-state index in [1.54, 1.807) is 26.8 Å². The van der Waals surface area contributed by atoms with Crippen molar-refractivity contribution < 1.29 is 28.9 Å². The van der Waals surface area contributed by atoms with E-state index in [0.717, 1.165) is 22.1 Å². The average Bonchev–Trinajstić information content (AvgIpc) is 3.24. The van der Waals surface area contributed by atoms with Gasteiger partial charge in [-0.05, 0) is 55.9 Å². The quantitative estimate of drug-likeness (QED) is 0.352. The molecule has 0 saturated carbocycles. The van der Waals surface area contributed by atoms with Gasteiger partial charge in [-0.25, -0.2) is 14.2 Å². The lowest BCUT2D eigenvalue weighted by Crippen LogP contribution is -2.44. The molecule has 0 saturated heterocycles. The number of hydrogen-bond acceptors (Lipinski definition) is 7. The summed E-state index contributed by atoms with van der Waals surface area (Å²) in [6.45, 7) is 4.84. The number of halogens is 1. The van der Waals surface area contributed by atoms with Gasteiger partial charge in [0, 0.05) is 22.6 Å². The Morgan fingerprint density at radius 3 is 2.79 bits per heavy atom. The van der Waals surface area contributed by atoms with Crippen molar-refractivity contribution >= 4 is 22.8 Å². The van der Waals surface area contributed by atoms with Crippen LogP contribution in [-0.4, -0.2) is 37.7 Å². The van der Waals surface area contributed by atoms with E-state index in [9.17, 15) is 29.0 Å². The number of carbonyl (C=O) groups is 2. The first-order valence-electron chi connectivity index (χ1n) is 12.8. The molecule has 3 aliphatic rings. The topological polar surface area (TPSA) is 131 Å². The van der Waals surface area contributed by atoms with Gasteiger partial charge in [-0.15, -0.1) is 0 Å². The van der Waals surface area contributed by atoms with Crippen molar-refractivity contribution in [2.75, 3.05) is 0 Å². The number of nitrogens with zero attached hydrogens (tertiary/aromatic N) is 2. The molecule has 10 heteroatoms. The minimum atomic E-state index is -1.95. The summed E-state index contributed by atoms with van der Waals surface area (Å²) in [5, 5.41) is 24.7. The first kappa shape index (κ1) is 24.7. The Bertz CT molecular complexity index is 1630. The van der Waals surface area contributed by atoms with E-state index in [-0.39, 0.29) is 54.4 Å². The van der Waals surface area contributed by atoms with Gasteiger partial charge in [0.15, 0.2) is 5.60 Å².